The summed E-state index contributed by atoms with van der Waals surface area (Å²) in [5.41, 5.74) is 1.74. The van der Waals surface area contributed by atoms with Crippen molar-refractivity contribution in [1.82, 2.24) is 5.32 Å². The standard InChI is InChI=1S/C25H29N3O6/c26-13-18(24(32)27-14-20-21(29)22(30)23(31)25(33)34-20)11-15-4-5-17-12-19(7-6-16(17)10-15)28-8-2-1-3-9-28/h4-7,10-12,20-23,25,29-31,33H,1-3,8-9,14H2,(H,27,32)/b18-11+. The Morgan fingerprint density at radius 3 is 2.47 bits per heavy atom. The van der Waals surface area contributed by atoms with Crippen LogP contribution in [0, 0.1) is 11.3 Å². The molecule has 34 heavy (non-hydrogen) atoms. The summed E-state index contributed by atoms with van der Waals surface area (Å²) in [4.78, 5) is 14.9. The first-order chi connectivity index (χ1) is 16.4. The quantitative estimate of drug-likeness (QED) is 0.318. The molecule has 9 nitrogen and oxygen atoms in total. The average Bonchev–Trinajstić information content (AvgIpc) is 2.87. The highest BCUT2D eigenvalue weighted by Gasteiger charge is 2.42. The third-order valence-corrected chi connectivity index (χ3v) is 6.40. The maximum absolute atomic E-state index is 12.5. The molecule has 5 atom stereocenters. The number of nitrogens with one attached hydrogen (secondary N) is 1. The van der Waals surface area contributed by atoms with E-state index in [-0.39, 0.29) is 12.1 Å². The van der Waals surface area contributed by atoms with Gasteiger partial charge in [0.25, 0.3) is 5.91 Å². The van der Waals surface area contributed by atoms with Gasteiger partial charge in [-0.25, -0.2) is 0 Å². The number of hydrogen-bond acceptors (Lipinski definition) is 8. The van der Waals surface area contributed by atoms with Crippen LogP contribution in [0.3, 0.4) is 0 Å². The van der Waals surface area contributed by atoms with Gasteiger partial charge in [-0.1, -0.05) is 18.2 Å². The molecule has 2 aliphatic rings. The Hall–Kier alpha value is -3.00. The molecule has 1 amide bonds. The number of benzene rings is 2. The largest absolute Gasteiger partial charge is 0.388 e. The Balaban J connectivity index is 1.44. The normalized spacial score (nSPS) is 27.9. The van der Waals surface area contributed by atoms with Crippen LogP contribution in [0.1, 0.15) is 24.8 Å². The number of fused-ring (bicyclic) bond motifs is 1. The summed E-state index contributed by atoms with van der Waals surface area (Å²) in [5.74, 6) is -0.686. The first-order valence-corrected chi connectivity index (χ1v) is 11.4. The summed E-state index contributed by atoms with van der Waals surface area (Å²) in [6.07, 6.45) is -2.47. The van der Waals surface area contributed by atoms with E-state index in [1.807, 2.05) is 30.3 Å². The van der Waals surface area contributed by atoms with Crippen LogP contribution in [-0.4, -0.2) is 76.7 Å². The summed E-state index contributed by atoms with van der Waals surface area (Å²) in [6, 6.07) is 13.9. The van der Waals surface area contributed by atoms with Crippen molar-refractivity contribution in [3.05, 3.63) is 47.5 Å². The highest BCUT2D eigenvalue weighted by atomic mass is 16.6. The molecule has 5 N–H and O–H groups in total. The third-order valence-electron chi connectivity index (χ3n) is 6.40. The molecule has 9 heteroatoms. The molecule has 2 heterocycles. The van der Waals surface area contributed by atoms with Gasteiger partial charge in [-0.2, -0.15) is 5.26 Å². The maximum atomic E-state index is 12.5. The summed E-state index contributed by atoms with van der Waals surface area (Å²) in [6.45, 7) is 1.86. The van der Waals surface area contributed by atoms with Gasteiger partial charge < -0.3 is 35.4 Å². The van der Waals surface area contributed by atoms with E-state index in [4.69, 9.17) is 4.74 Å². The monoisotopic (exact) mass is 467 g/mol. The number of amides is 1. The van der Waals surface area contributed by atoms with Crippen LogP contribution in [-0.2, 0) is 9.53 Å². The van der Waals surface area contributed by atoms with E-state index in [9.17, 15) is 30.5 Å². The van der Waals surface area contributed by atoms with E-state index in [2.05, 4.69) is 22.3 Å². The van der Waals surface area contributed by atoms with E-state index < -0.39 is 36.6 Å². The van der Waals surface area contributed by atoms with E-state index in [0.717, 1.165) is 23.9 Å². The zero-order valence-corrected chi connectivity index (χ0v) is 18.7. The molecule has 0 bridgehead atoms. The lowest BCUT2D eigenvalue weighted by molar-refractivity contribution is -0.280. The molecule has 0 aromatic heterocycles. The second kappa shape index (κ2) is 10.5. The number of nitrogens with zero attached hydrogens (tertiary/aromatic N) is 2. The van der Waals surface area contributed by atoms with E-state index in [0.29, 0.717) is 5.56 Å². The first-order valence-electron chi connectivity index (χ1n) is 11.4. The van der Waals surface area contributed by atoms with E-state index in [1.165, 1.54) is 31.0 Å². The fraction of sp³-hybridized carbons (Fsp3) is 0.440. The minimum atomic E-state index is -1.70. The summed E-state index contributed by atoms with van der Waals surface area (Å²) in [5, 5.41) is 52.9. The van der Waals surface area contributed by atoms with Gasteiger partial charge in [0, 0.05) is 25.3 Å². The highest BCUT2D eigenvalue weighted by molar-refractivity contribution is 6.02. The van der Waals surface area contributed by atoms with Crippen LogP contribution >= 0.6 is 0 Å². The van der Waals surface area contributed by atoms with Crippen LogP contribution < -0.4 is 10.2 Å². The molecule has 2 aromatic carbocycles. The Morgan fingerprint density at radius 2 is 1.74 bits per heavy atom. The van der Waals surface area contributed by atoms with Gasteiger partial charge in [-0.3, -0.25) is 4.79 Å². The Kier molecular flexibility index (Phi) is 7.46. The van der Waals surface area contributed by atoms with Crippen LogP contribution in [0.25, 0.3) is 16.8 Å². The second-order valence-electron chi connectivity index (χ2n) is 8.76. The number of anilines is 1. The summed E-state index contributed by atoms with van der Waals surface area (Å²) < 4.78 is 5.04. The van der Waals surface area contributed by atoms with Crippen molar-refractivity contribution in [3.8, 4) is 6.07 Å². The molecule has 2 aromatic rings. The topological polar surface area (TPSA) is 146 Å². The van der Waals surface area contributed by atoms with Gasteiger partial charge in [0.1, 0.15) is 36.1 Å². The fourth-order valence-corrected chi connectivity index (χ4v) is 4.39. The summed E-state index contributed by atoms with van der Waals surface area (Å²) >= 11 is 0. The molecule has 2 saturated heterocycles. The maximum Gasteiger partial charge on any atom is 0.262 e. The molecule has 2 aliphatic heterocycles. The van der Waals surface area contributed by atoms with Crippen molar-refractivity contribution in [2.75, 3.05) is 24.5 Å². The predicted molar refractivity (Wildman–Crippen MR) is 126 cm³/mol. The lowest BCUT2D eigenvalue weighted by atomic mass is 9.99. The number of rotatable bonds is 5. The SMILES string of the molecule is N#C/C(=C\c1ccc2cc(N3CCCCC3)ccc2c1)C(=O)NCC1OC(O)C(O)C(O)C1O. The number of hydrogen-bond donors (Lipinski definition) is 5. The van der Waals surface area contributed by atoms with Crippen LogP contribution in [0.15, 0.2) is 42.0 Å². The lowest BCUT2D eigenvalue weighted by Crippen LogP contribution is -2.60. The number of carbonyl (C=O) groups excluding carboxylic acids is 1. The van der Waals surface area contributed by atoms with Gasteiger partial charge in [-0.15, -0.1) is 0 Å². The molecule has 0 radical (unpaired) electrons. The molecule has 0 spiro atoms. The van der Waals surface area contributed by atoms with Gasteiger partial charge in [0.2, 0.25) is 0 Å². The fourth-order valence-electron chi connectivity index (χ4n) is 4.39. The van der Waals surface area contributed by atoms with Crippen molar-refractivity contribution >= 4 is 28.4 Å². The minimum absolute atomic E-state index is 0.143. The van der Waals surface area contributed by atoms with Crippen molar-refractivity contribution in [3.63, 3.8) is 0 Å². The van der Waals surface area contributed by atoms with Gasteiger partial charge in [-0.05, 0) is 59.9 Å². The number of aliphatic hydroxyl groups is 4. The van der Waals surface area contributed by atoms with Gasteiger partial charge >= 0.3 is 0 Å². The van der Waals surface area contributed by atoms with Crippen LogP contribution in [0.5, 0.6) is 0 Å². The van der Waals surface area contributed by atoms with Crippen molar-refractivity contribution in [2.45, 2.75) is 50.0 Å². The minimum Gasteiger partial charge on any atom is -0.388 e. The zero-order valence-electron chi connectivity index (χ0n) is 18.7. The molecular formula is C25H29N3O6. The van der Waals surface area contributed by atoms with E-state index >= 15 is 0 Å². The predicted octanol–water partition coefficient (Wildman–Crippen LogP) is 0.653. The van der Waals surface area contributed by atoms with Gasteiger partial charge in [0.05, 0.1) is 0 Å². The smallest absolute Gasteiger partial charge is 0.262 e. The Bertz CT molecular complexity index is 1110. The number of ether oxygens (including phenoxy) is 1. The van der Waals surface area contributed by atoms with E-state index in [1.54, 1.807) is 0 Å². The molecule has 0 aliphatic carbocycles. The lowest BCUT2D eigenvalue weighted by Gasteiger charge is -2.38. The highest BCUT2D eigenvalue weighted by Crippen LogP contribution is 2.26. The number of nitriles is 1. The summed E-state index contributed by atoms with van der Waals surface area (Å²) in [7, 11) is 0. The zero-order chi connectivity index (χ0) is 24.2. The molecule has 4 rings (SSSR count). The number of piperidine rings is 1. The molecule has 2 fully saturated rings. The Morgan fingerprint density at radius 1 is 1.03 bits per heavy atom. The second-order valence-corrected chi connectivity index (χ2v) is 8.76. The van der Waals surface area contributed by atoms with Crippen molar-refractivity contribution in [2.24, 2.45) is 0 Å². The number of carbonyl (C=O) groups is 1. The van der Waals surface area contributed by atoms with Crippen molar-refractivity contribution in [1.29, 1.82) is 5.26 Å². The van der Waals surface area contributed by atoms with Crippen LogP contribution in [0.2, 0.25) is 0 Å². The van der Waals surface area contributed by atoms with Gasteiger partial charge in [0.15, 0.2) is 6.29 Å². The first kappa shape index (κ1) is 24.1. The third kappa shape index (κ3) is 5.22. The van der Waals surface area contributed by atoms with Crippen LogP contribution in [0.4, 0.5) is 5.69 Å². The molecule has 5 unspecified atom stereocenters. The Labute approximate surface area is 197 Å². The molecular weight excluding hydrogens is 438 g/mol. The number of aliphatic hydroxyl groups excluding tert-OH is 4. The molecule has 180 valence electrons. The molecule has 0 saturated carbocycles. The average molecular weight is 468 g/mol. The van der Waals surface area contributed by atoms with Crippen molar-refractivity contribution < 1.29 is 30.0 Å².